The van der Waals surface area contributed by atoms with Crippen LogP contribution in [0.1, 0.15) is 33.1 Å². The molecule has 11 nitrogen and oxygen atoms in total. The van der Waals surface area contributed by atoms with Crippen molar-refractivity contribution in [2.75, 3.05) is 19.6 Å². The number of amides is 3. The van der Waals surface area contributed by atoms with E-state index in [9.17, 15) is 29.4 Å². The second kappa shape index (κ2) is 9.26. The number of imide groups is 1. The maximum absolute atomic E-state index is 13.4. The average Bonchev–Trinajstić information content (AvgIpc) is 3.37. The molecule has 0 radical (unpaired) electrons. The molecular weight excluding hydrogens is 382 g/mol. The number of likely N-dealkylation sites (tertiary alicyclic amines) is 1. The van der Waals surface area contributed by atoms with Crippen LogP contribution in [0, 0.1) is 5.92 Å². The zero-order chi connectivity index (χ0) is 21.9. The van der Waals surface area contributed by atoms with Gasteiger partial charge in [0.2, 0.25) is 11.8 Å². The molecule has 7 N–H and O–H groups in total. The summed E-state index contributed by atoms with van der Waals surface area (Å²) >= 11 is 0. The minimum Gasteiger partial charge on any atom is -0.391 e. The van der Waals surface area contributed by atoms with Crippen molar-refractivity contribution in [3.05, 3.63) is 0 Å². The zero-order valence-electron chi connectivity index (χ0n) is 16.8. The predicted octanol–water partition coefficient (Wildman–Crippen LogP) is -3.12. The largest absolute Gasteiger partial charge is 0.391 e. The molecule has 2 rings (SSSR count). The first-order valence-corrected chi connectivity index (χ1v) is 9.82. The maximum atomic E-state index is 13.4. The monoisotopic (exact) mass is 413 g/mol. The Morgan fingerprint density at radius 1 is 1.24 bits per heavy atom. The number of carbonyl (C=O) groups excluding carboxylic acids is 4. The van der Waals surface area contributed by atoms with Gasteiger partial charge in [-0.2, -0.15) is 0 Å². The molecule has 164 valence electrons. The highest BCUT2D eigenvalue weighted by Gasteiger charge is 2.50. The van der Waals surface area contributed by atoms with Gasteiger partial charge in [-0.15, -0.1) is 0 Å². The van der Waals surface area contributed by atoms with Crippen molar-refractivity contribution in [3.8, 4) is 0 Å². The number of rotatable bonds is 7. The van der Waals surface area contributed by atoms with Crippen LogP contribution in [0.4, 0.5) is 0 Å². The Hall–Kier alpha value is -1.92. The number of aldehydes is 1. The molecule has 0 spiro atoms. The Labute approximate surface area is 169 Å². The summed E-state index contributed by atoms with van der Waals surface area (Å²) in [5, 5.41) is 22.7. The first-order chi connectivity index (χ1) is 13.6. The second-order valence-electron chi connectivity index (χ2n) is 7.84. The average molecular weight is 413 g/mol. The van der Waals surface area contributed by atoms with E-state index in [1.54, 1.807) is 0 Å². The van der Waals surface area contributed by atoms with Gasteiger partial charge >= 0.3 is 0 Å². The normalized spacial score (nSPS) is 27.0. The standard InChI is InChI=1S/C18H31N5O6/c1-10(25)14(19)17(29)22-7-3-4-13(22)16(28)23(18(20,9-24)11(2)26)15(27)12-5-6-21-8-12/h9-14,21,25-26H,3-8,19-20H2,1-2H3/t10-,11-,12-,13-,14+,18-/m1/s1. The number of carbonyl (C=O) groups is 4. The summed E-state index contributed by atoms with van der Waals surface area (Å²) < 4.78 is 0. The summed E-state index contributed by atoms with van der Waals surface area (Å²) in [6.07, 6.45) is -1.28. The van der Waals surface area contributed by atoms with E-state index in [0.717, 1.165) is 0 Å². The molecule has 2 heterocycles. The molecule has 3 amide bonds. The van der Waals surface area contributed by atoms with Crippen molar-refractivity contribution in [3.63, 3.8) is 0 Å². The first-order valence-electron chi connectivity index (χ1n) is 9.82. The van der Waals surface area contributed by atoms with Crippen LogP contribution >= 0.6 is 0 Å². The fraction of sp³-hybridized carbons (Fsp3) is 0.778. The van der Waals surface area contributed by atoms with Gasteiger partial charge in [0.05, 0.1) is 18.1 Å². The molecule has 2 saturated heterocycles. The van der Waals surface area contributed by atoms with Gasteiger partial charge in [0, 0.05) is 13.1 Å². The van der Waals surface area contributed by atoms with Gasteiger partial charge in [0.25, 0.3) is 5.91 Å². The van der Waals surface area contributed by atoms with Gasteiger partial charge in [-0.3, -0.25) is 29.8 Å². The van der Waals surface area contributed by atoms with Crippen LogP contribution in [0.3, 0.4) is 0 Å². The first kappa shape index (κ1) is 23.4. The van der Waals surface area contributed by atoms with E-state index in [4.69, 9.17) is 11.5 Å². The minimum absolute atomic E-state index is 0.179. The van der Waals surface area contributed by atoms with E-state index in [2.05, 4.69) is 5.32 Å². The number of nitrogens with one attached hydrogen (secondary N) is 1. The molecule has 29 heavy (non-hydrogen) atoms. The summed E-state index contributed by atoms with van der Waals surface area (Å²) in [6, 6.07) is -2.29. The molecule has 0 aliphatic carbocycles. The highest BCUT2D eigenvalue weighted by atomic mass is 16.3. The van der Waals surface area contributed by atoms with Crippen molar-refractivity contribution >= 4 is 24.0 Å². The molecule has 0 aromatic carbocycles. The number of hydrogen-bond acceptors (Lipinski definition) is 9. The number of nitrogens with zero attached hydrogens (tertiary/aromatic N) is 2. The van der Waals surface area contributed by atoms with Crippen LogP contribution in [0.25, 0.3) is 0 Å². The van der Waals surface area contributed by atoms with Gasteiger partial charge in [-0.25, -0.2) is 0 Å². The van der Waals surface area contributed by atoms with Crippen molar-refractivity contribution in [1.82, 2.24) is 15.1 Å². The summed E-state index contributed by atoms with van der Waals surface area (Å²) in [7, 11) is 0. The molecule has 11 heteroatoms. The summed E-state index contributed by atoms with van der Waals surface area (Å²) in [5.74, 6) is -2.71. The van der Waals surface area contributed by atoms with Crippen molar-refractivity contribution in [1.29, 1.82) is 0 Å². The van der Waals surface area contributed by atoms with Crippen LogP contribution in [-0.4, -0.2) is 93.6 Å². The maximum Gasteiger partial charge on any atom is 0.253 e. The van der Waals surface area contributed by atoms with E-state index in [0.29, 0.717) is 30.8 Å². The molecule has 0 saturated carbocycles. The molecule has 0 unspecified atom stereocenters. The fourth-order valence-electron chi connectivity index (χ4n) is 3.71. The van der Waals surface area contributed by atoms with Crippen molar-refractivity contribution < 1.29 is 29.4 Å². The fourth-order valence-corrected chi connectivity index (χ4v) is 3.71. The minimum atomic E-state index is -2.26. The number of aliphatic hydroxyl groups excluding tert-OH is 2. The Balaban J connectivity index is 2.39. The van der Waals surface area contributed by atoms with Crippen LogP contribution in [0.2, 0.25) is 0 Å². The van der Waals surface area contributed by atoms with E-state index >= 15 is 0 Å². The highest BCUT2D eigenvalue weighted by molar-refractivity contribution is 6.03. The van der Waals surface area contributed by atoms with Crippen LogP contribution < -0.4 is 16.8 Å². The number of aliphatic hydroxyl groups is 2. The highest BCUT2D eigenvalue weighted by Crippen LogP contribution is 2.26. The van der Waals surface area contributed by atoms with Gasteiger partial charge in [0.1, 0.15) is 12.1 Å². The molecule has 6 atom stereocenters. The molecular formula is C18H31N5O6. The lowest BCUT2D eigenvalue weighted by Gasteiger charge is -2.41. The Morgan fingerprint density at radius 2 is 1.90 bits per heavy atom. The number of hydrogen-bond donors (Lipinski definition) is 5. The Kier molecular flexibility index (Phi) is 7.46. The summed E-state index contributed by atoms with van der Waals surface area (Å²) in [5.41, 5.74) is 9.50. The predicted molar refractivity (Wildman–Crippen MR) is 102 cm³/mol. The molecule has 2 aliphatic rings. The van der Waals surface area contributed by atoms with Crippen LogP contribution in [0.15, 0.2) is 0 Å². The lowest BCUT2D eigenvalue weighted by atomic mass is 9.98. The van der Waals surface area contributed by atoms with Gasteiger partial charge in [0.15, 0.2) is 11.9 Å². The summed E-state index contributed by atoms with van der Waals surface area (Å²) in [4.78, 5) is 52.8. The zero-order valence-corrected chi connectivity index (χ0v) is 16.8. The Bertz CT molecular complexity index is 651. The van der Waals surface area contributed by atoms with Gasteiger partial charge in [-0.1, -0.05) is 0 Å². The quantitative estimate of drug-likeness (QED) is 0.164. The summed E-state index contributed by atoms with van der Waals surface area (Å²) in [6.45, 7) is 3.69. The van der Waals surface area contributed by atoms with Gasteiger partial charge in [-0.05, 0) is 39.7 Å². The number of nitrogens with two attached hydrogens (primary N) is 2. The molecule has 2 aliphatic heterocycles. The van der Waals surface area contributed by atoms with E-state index < -0.39 is 53.6 Å². The SMILES string of the molecule is C[C@@H](O)[C@H](N)C(=O)N1CCC[C@@H]1C(=O)N(C(=O)[C@@H]1CCNC1)[C@](N)(C=O)[C@@H](C)O. The third kappa shape index (κ3) is 4.48. The third-order valence-corrected chi connectivity index (χ3v) is 5.72. The van der Waals surface area contributed by atoms with Gasteiger partial charge < -0.3 is 26.2 Å². The van der Waals surface area contributed by atoms with Crippen molar-refractivity contribution in [2.24, 2.45) is 17.4 Å². The topological polar surface area (TPSA) is 179 Å². The molecule has 0 aromatic rings. The Morgan fingerprint density at radius 3 is 2.38 bits per heavy atom. The molecule has 0 bridgehead atoms. The lowest BCUT2D eigenvalue weighted by molar-refractivity contribution is -0.166. The smallest absolute Gasteiger partial charge is 0.253 e. The lowest BCUT2D eigenvalue weighted by Crippen LogP contribution is -2.70. The van der Waals surface area contributed by atoms with E-state index in [1.165, 1.54) is 18.7 Å². The second-order valence-corrected chi connectivity index (χ2v) is 7.84. The molecule has 2 fully saturated rings. The molecule has 0 aromatic heterocycles. The van der Waals surface area contributed by atoms with Crippen LogP contribution in [0.5, 0.6) is 0 Å². The van der Waals surface area contributed by atoms with E-state index in [1.807, 2.05) is 0 Å². The van der Waals surface area contributed by atoms with E-state index in [-0.39, 0.29) is 19.3 Å². The van der Waals surface area contributed by atoms with Crippen molar-refractivity contribution in [2.45, 2.75) is 63.1 Å². The third-order valence-electron chi connectivity index (χ3n) is 5.72. The van der Waals surface area contributed by atoms with Crippen LogP contribution in [-0.2, 0) is 19.2 Å².